The Morgan fingerprint density at radius 1 is 1.55 bits per heavy atom. The Hall–Kier alpha value is -1.00. The first kappa shape index (κ1) is 10.0. The van der Waals surface area contributed by atoms with Gasteiger partial charge in [-0.1, -0.05) is 6.58 Å². The molecule has 5 heteroatoms. The average Bonchev–Trinajstić information content (AvgIpc) is 1.85. The molecular formula is C6H6F3O2. The van der Waals surface area contributed by atoms with E-state index in [0.29, 0.717) is 0 Å². The Balaban J connectivity index is 4.15. The molecule has 0 rings (SSSR count). The van der Waals surface area contributed by atoms with Crippen LogP contribution in [0.25, 0.3) is 0 Å². The van der Waals surface area contributed by atoms with Gasteiger partial charge in [0.1, 0.15) is 12.2 Å². The SMILES string of the molecule is C=C(C(=O)O[CH]C)C(F)(F)F. The third-order valence-corrected chi connectivity index (χ3v) is 0.813. The molecule has 0 atom stereocenters. The van der Waals surface area contributed by atoms with Crippen molar-refractivity contribution in [3.63, 3.8) is 0 Å². The minimum Gasteiger partial charge on any atom is -0.455 e. The molecule has 0 saturated carbocycles. The van der Waals surface area contributed by atoms with Crippen molar-refractivity contribution in [3.8, 4) is 0 Å². The number of rotatable bonds is 2. The van der Waals surface area contributed by atoms with Crippen molar-refractivity contribution in [1.29, 1.82) is 0 Å². The topological polar surface area (TPSA) is 26.3 Å². The zero-order chi connectivity index (χ0) is 9.07. The Bertz CT molecular complexity index is 171. The quantitative estimate of drug-likeness (QED) is 0.463. The Kier molecular flexibility index (Phi) is 3.10. The predicted octanol–water partition coefficient (Wildman–Crippen LogP) is 1.83. The molecule has 0 fully saturated rings. The molecule has 0 saturated heterocycles. The van der Waals surface area contributed by atoms with Crippen LogP contribution in [0.4, 0.5) is 13.2 Å². The summed E-state index contributed by atoms with van der Waals surface area (Å²) in [4.78, 5) is 10.3. The first-order valence-corrected chi connectivity index (χ1v) is 2.64. The van der Waals surface area contributed by atoms with Crippen LogP contribution >= 0.6 is 0 Å². The molecule has 0 aromatic rings. The standard InChI is InChI=1S/C6H6F3O2/c1-3-11-5(10)4(2)6(7,8)9/h3H,2H2,1H3. The monoisotopic (exact) mass is 167 g/mol. The Labute approximate surface area is 61.6 Å². The number of carbonyl (C=O) groups excluding carboxylic acids is 1. The molecule has 1 radical (unpaired) electrons. The van der Waals surface area contributed by atoms with E-state index in [1.807, 2.05) is 0 Å². The van der Waals surface area contributed by atoms with Gasteiger partial charge in [-0.3, -0.25) is 0 Å². The molecule has 0 bridgehead atoms. The summed E-state index contributed by atoms with van der Waals surface area (Å²) in [7, 11) is 0. The molecule has 0 amide bonds. The van der Waals surface area contributed by atoms with Crippen LogP contribution < -0.4 is 0 Å². The van der Waals surface area contributed by atoms with Crippen molar-refractivity contribution in [2.75, 3.05) is 0 Å². The van der Waals surface area contributed by atoms with Crippen molar-refractivity contribution < 1.29 is 22.7 Å². The second kappa shape index (κ2) is 3.41. The second-order valence-corrected chi connectivity index (χ2v) is 1.62. The highest BCUT2D eigenvalue weighted by Crippen LogP contribution is 2.24. The van der Waals surface area contributed by atoms with E-state index in [-0.39, 0.29) is 0 Å². The number of ether oxygens (including phenoxy) is 1. The molecule has 11 heavy (non-hydrogen) atoms. The maximum absolute atomic E-state index is 11.6. The minimum absolute atomic E-state index is 0.860. The fourth-order valence-electron chi connectivity index (χ4n) is 0.294. The second-order valence-electron chi connectivity index (χ2n) is 1.62. The van der Waals surface area contributed by atoms with Crippen LogP contribution in [0.5, 0.6) is 0 Å². The normalized spacial score (nSPS) is 10.9. The van der Waals surface area contributed by atoms with Gasteiger partial charge in [-0.25, -0.2) is 4.79 Å². The van der Waals surface area contributed by atoms with Gasteiger partial charge < -0.3 is 4.74 Å². The molecule has 0 aromatic carbocycles. The molecule has 0 aromatic heterocycles. The zero-order valence-electron chi connectivity index (χ0n) is 5.73. The molecule has 0 spiro atoms. The van der Waals surface area contributed by atoms with E-state index in [0.717, 1.165) is 6.61 Å². The van der Waals surface area contributed by atoms with Crippen LogP contribution in [-0.4, -0.2) is 12.1 Å². The highest BCUT2D eigenvalue weighted by atomic mass is 19.4. The summed E-state index contributed by atoms with van der Waals surface area (Å²) in [5.74, 6) is -1.47. The Morgan fingerprint density at radius 3 is 2.27 bits per heavy atom. The summed E-state index contributed by atoms with van der Waals surface area (Å²) in [6, 6.07) is 0. The van der Waals surface area contributed by atoms with E-state index >= 15 is 0 Å². The molecule has 0 aliphatic heterocycles. The maximum atomic E-state index is 11.6. The zero-order valence-corrected chi connectivity index (χ0v) is 5.73. The summed E-state index contributed by atoms with van der Waals surface area (Å²) in [6.45, 7) is 4.68. The summed E-state index contributed by atoms with van der Waals surface area (Å²) in [6.07, 6.45) is -4.71. The van der Waals surface area contributed by atoms with Gasteiger partial charge in [0.2, 0.25) is 0 Å². The van der Waals surface area contributed by atoms with Gasteiger partial charge in [-0.05, 0) is 6.92 Å². The van der Waals surface area contributed by atoms with Crippen LogP contribution in [0.15, 0.2) is 12.2 Å². The third-order valence-electron chi connectivity index (χ3n) is 0.813. The van der Waals surface area contributed by atoms with Crippen molar-refractivity contribution in [2.45, 2.75) is 13.1 Å². The molecule has 0 aliphatic carbocycles. The number of alkyl halides is 3. The third kappa shape index (κ3) is 3.06. The average molecular weight is 167 g/mol. The number of halogens is 3. The first-order chi connectivity index (χ1) is 4.89. The molecule has 63 valence electrons. The van der Waals surface area contributed by atoms with E-state index in [2.05, 4.69) is 11.3 Å². The maximum Gasteiger partial charge on any atom is 0.422 e. The van der Waals surface area contributed by atoms with Crippen LogP contribution in [0.1, 0.15) is 6.92 Å². The van der Waals surface area contributed by atoms with E-state index in [1.165, 1.54) is 6.92 Å². The lowest BCUT2D eigenvalue weighted by atomic mass is 10.3. The molecule has 0 N–H and O–H groups in total. The summed E-state index contributed by atoms with van der Waals surface area (Å²) in [5, 5.41) is 0. The van der Waals surface area contributed by atoms with Crippen molar-refractivity contribution in [2.24, 2.45) is 0 Å². The van der Waals surface area contributed by atoms with Crippen molar-refractivity contribution in [3.05, 3.63) is 18.8 Å². The number of hydrogen-bond acceptors (Lipinski definition) is 2. The van der Waals surface area contributed by atoms with Crippen molar-refractivity contribution >= 4 is 5.97 Å². The summed E-state index contributed by atoms with van der Waals surface area (Å²) in [5.41, 5.74) is -1.50. The largest absolute Gasteiger partial charge is 0.455 e. The van der Waals surface area contributed by atoms with E-state index in [9.17, 15) is 18.0 Å². The van der Waals surface area contributed by atoms with E-state index in [1.54, 1.807) is 0 Å². The summed E-state index contributed by atoms with van der Waals surface area (Å²) < 4.78 is 38.8. The van der Waals surface area contributed by atoms with Gasteiger partial charge in [0, 0.05) is 0 Å². The molecule has 0 unspecified atom stereocenters. The first-order valence-electron chi connectivity index (χ1n) is 2.64. The molecule has 0 heterocycles. The van der Waals surface area contributed by atoms with E-state index in [4.69, 9.17) is 0 Å². The number of hydrogen-bond donors (Lipinski definition) is 0. The fraction of sp³-hybridized carbons (Fsp3) is 0.333. The van der Waals surface area contributed by atoms with Gasteiger partial charge >= 0.3 is 12.1 Å². The number of carbonyl (C=O) groups is 1. The number of esters is 1. The fourth-order valence-corrected chi connectivity index (χ4v) is 0.294. The molecule has 0 aliphatic rings. The van der Waals surface area contributed by atoms with Crippen LogP contribution in [0, 0.1) is 6.61 Å². The van der Waals surface area contributed by atoms with Crippen LogP contribution in [0.2, 0.25) is 0 Å². The van der Waals surface area contributed by atoms with E-state index < -0.39 is 17.7 Å². The van der Waals surface area contributed by atoms with Gasteiger partial charge in [-0.15, -0.1) is 0 Å². The van der Waals surface area contributed by atoms with Crippen LogP contribution in [-0.2, 0) is 9.53 Å². The lowest BCUT2D eigenvalue weighted by molar-refractivity contribution is -0.147. The van der Waals surface area contributed by atoms with Gasteiger partial charge in [0.15, 0.2) is 0 Å². The molecular weight excluding hydrogens is 161 g/mol. The lowest BCUT2D eigenvalue weighted by Crippen LogP contribution is -2.20. The predicted molar refractivity (Wildman–Crippen MR) is 31.3 cm³/mol. The van der Waals surface area contributed by atoms with Gasteiger partial charge in [0.05, 0.1) is 0 Å². The highest BCUT2D eigenvalue weighted by Gasteiger charge is 2.37. The highest BCUT2D eigenvalue weighted by molar-refractivity contribution is 5.89. The van der Waals surface area contributed by atoms with Gasteiger partial charge in [0.25, 0.3) is 0 Å². The summed E-state index contributed by atoms with van der Waals surface area (Å²) >= 11 is 0. The smallest absolute Gasteiger partial charge is 0.422 e. The lowest BCUT2D eigenvalue weighted by Gasteiger charge is -2.07. The van der Waals surface area contributed by atoms with Gasteiger partial charge in [-0.2, -0.15) is 13.2 Å². The molecule has 2 nitrogen and oxygen atoms in total. The minimum atomic E-state index is -4.71. The van der Waals surface area contributed by atoms with Crippen molar-refractivity contribution in [1.82, 2.24) is 0 Å². The Morgan fingerprint density at radius 2 is 2.00 bits per heavy atom. The van der Waals surface area contributed by atoms with Crippen LogP contribution in [0.3, 0.4) is 0 Å².